The molecule has 1 N–H and O–H groups in total. The zero-order valence-electron chi connectivity index (χ0n) is 19.6. The molecule has 0 fully saturated rings. The predicted octanol–water partition coefficient (Wildman–Crippen LogP) is 4.97. The quantitative estimate of drug-likeness (QED) is 0.289. The molecule has 0 radical (unpaired) electrons. The highest BCUT2D eigenvalue weighted by atomic mass is 35.5. The van der Waals surface area contributed by atoms with Crippen LogP contribution in [0.5, 0.6) is 0 Å². The van der Waals surface area contributed by atoms with Gasteiger partial charge in [0.2, 0.25) is 5.91 Å². The van der Waals surface area contributed by atoms with Crippen LogP contribution in [-0.2, 0) is 17.9 Å². The molecule has 0 spiro atoms. The van der Waals surface area contributed by atoms with Crippen LogP contribution < -0.4 is 10.9 Å². The summed E-state index contributed by atoms with van der Waals surface area (Å²) in [5.74, 6) is -0.0623. The maximum absolute atomic E-state index is 13.6. The van der Waals surface area contributed by atoms with Gasteiger partial charge in [-0.1, -0.05) is 53.7 Å². The number of anilines is 1. The average Bonchev–Trinajstić information content (AvgIpc) is 3.14. The summed E-state index contributed by atoms with van der Waals surface area (Å²) in [4.78, 5) is 31.1. The maximum Gasteiger partial charge on any atom is 0.280 e. The fourth-order valence-corrected chi connectivity index (χ4v) is 4.75. The topological polar surface area (TPSA) is 81.8 Å². The number of hydrogen-bond acceptors (Lipinski definition) is 5. The lowest BCUT2D eigenvalue weighted by Gasteiger charge is -2.14. The van der Waals surface area contributed by atoms with Gasteiger partial charge in [-0.3, -0.25) is 18.8 Å². The van der Waals surface area contributed by atoms with Gasteiger partial charge in [0.1, 0.15) is 5.52 Å². The van der Waals surface area contributed by atoms with Gasteiger partial charge in [-0.05, 0) is 56.5 Å². The van der Waals surface area contributed by atoms with E-state index in [9.17, 15) is 9.59 Å². The Morgan fingerprint density at radius 2 is 1.88 bits per heavy atom. The monoisotopic (exact) mass is 495 g/mol. The zero-order chi connectivity index (χ0) is 24.4. The fraction of sp³-hybridized carbons (Fsp3) is 0.280. The SMILES string of the molecule is CCn1nc(C)c2nc(SCC(=O)Nc3cccc(C)c3C)n(Cc3ccccc3Cl)c(=O)c21. The van der Waals surface area contributed by atoms with Crippen LogP contribution in [0.2, 0.25) is 5.02 Å². The molecule has 0 aliphatic heterocycles. The van der Waals surface area contributed by atoms with Crippen LogP contribution in [0.4, 0.5) is 5.69 Å². The number of benzene rings is 2. The minimum Gasteiger partial charge on any atom is -0.325 e. The van der Waals surface area contributed by atoms with Gasteiger partial charge in [-0.15, -0.1) is 0 Å². The highest BCUT2D eigenvalue weighted by molar-refractivity contribution is 7.99. The predicted molar refractivity (Wildman–Crippen MR) is 138 cm³/mol. The first-order valence-electron chi connectivity index (χ1n) is 11.0. The average molecular weight is 496 g/mol. The maximum atomic E-state index is 13.6. The number of carbonyl (C=O) groups excluding carboxylic acids is 1. The van der Waals surface area contributed by atoms with Crippen LogP contribution in [0, 0.1) is 20.8 Å². The van der Waals surface area contributed by atoms with Gasteiger partial charge in [0.25, 0.3) is 5.56 Å². The summed E-state index contributed by atoms with van der Waals surface area (Å²) >= 11 is 7.60. The van der Waals surface area contributed by atoms with E-state index in [1.165, 1.54) is 11.8 Å². The largest absolute Gasteiger partial charge is 0.325 e. The number of nitrogens with zero attached hydrogens (tertiary/aromatic N) is 4. The van der Waals surface area contributed by atoms with E-state index in [0.29, 0.717) is 33.5 Å². The second-order valence-electron chi connectivity index (χ2n) is 8.06. The zero-order valence-corrected chi connectivity index (χ0v) is 21.1. The van der Waals surface area contributed by atoms with Gasteiger partial charge < -0.3 is 5.32 Å². The van der Waals surface area contributed by atoms with E-state index in [4.69, 9.17) is 16.6 Å². The van der Waals surface area contributed by atoms with E-state index in [-0.39, 0.29) is 23.8 Å². The molecule has 0 aliphatic carbocycles. The Balaban J connectivity index is 1.69. The van der Waals surface area contributed by atoms with Crippen LogP contribution in [0.1, 0.15) is 29.3 Å². The summed E-state index contributed by atoms with van der Waals surface area (Å²) in [5.41, 5.74) is 5.20. The molecule has 0 saturated carbocycles. The number of rotatable bonds is 7. The molecular formula is C25H26ClN5O2S. The van der Waals surface area contributed by atoms with E-state index >= 15 is 0 Å². The fourth-order valence-electron chi connectivity index (χ4n) is 3.77. The van der Waals surface area contributed by atoms with Gasteiger partial charge >= 0.3 is 0 Å². The number of thioether (sulfide) groups is 1. The van der Waals surface area contributed by atoms with Crippen molar-refractivity contribution < 1.29 is 4.79 Å². The third-order valence-corrected chi connectivity index (χ3v) is 7.12. The number of nitrogens with one attached hydrogen (secondary N) is 1. The first-order valence-corrected chi connectivity index (χ1v) is 12.4. The Labute approximate surface area is 207 Å². The Hall–Kier alpha value is -3.10. The van der Waals surface area contributed by atoms with Crippen molar-refractivity contribution in [2.24, 2.45) is 0 Å². The van der Waals surface area contributed by atoms with Crippen molar-refractivity contribution >= 4 is 46.0 Å². The number of carbonyl (C=O) groups is 1. The highest BCUT2D eigenvalue weighted by Gasteiger charge is 2.20. The second-order valence-corrected chi connectivity index (χ2v) is 9.41. The molecule has 4 rings (SSSR count). The smallest absolute Gasteiger partial charge is 0.280 e. The number of halogens is 1. The van der Waals surface area contributed by atoms with Crippen LogP contribution in [-0.4, -0.2) is 31.0 Å². The third kappa shape index (κ3) is 4.74. The molecule has 2 aromatic carbocycles. The van der Waals surface area contributed by atoms with Gasteiger partial charge in [0.15, 0.2) is 10.7 Å². The number of fused-ring (bicyclic) bond motifs is 1. The molecule has 1 amide bonds. The van der Waals surface area contributed by atoms with Crippen molar-refractivity contribution in [1.29, 1.82) is 0 Å². The number of hydrogen-bond donors (Lipinski definition) is 1. The third-order valence-electron chi connectivity index (χ3n) is 5.78. The van der Waals surface area contributed by atoms with E-state index in [1.54, 1.807) is 15.3 Å². The van der Waals surface area contributed by atoms with Gasteiger partial charge in [-0.2, -0.15) is 5.10 Å². The first-order chi connectivity index (χ1) is 16.3. The number of aromatic nitrogens is 4. The summed E-state index contributed by atoms with van der Waals surface area (Å²) in [6.45, 7) is 8.55. The summed E-state index contributed by atoms with van der Waals surface area (Å²) in [5, 5.41) is 8.45. The summed E-state index contributed by atoms with van der Waals surface area (Å²) in [7, 11) is 0. The Morgan fingerprint density at radius 3 is 2.62 bits per heavy atom. The molecule has 2 heterocycles. The minimum absolute atomic E-state index is 0.106. The van der Waals surface area contributed by atoms with Gasteiger partial charge in [0.05, 0.1) is 18.0 Å². The second kappa shape index (κ2) is 10.0. The van der Waals surface area contributed by atoms with E-state index in [1.807, 2.05) is 64.1 Å². The van der Waals surface area contributed by atoms with Crippen molar-refractivity contribution in [2.45, 2.75) is 45.9 Å². The van der Waals surface area contributed by atoms with Crippen molar-refractivity contribution in [3.05, 3.63) is 80.2 Å². The molecule has 0 aliphatic rings. The molecule has 0 unspecified atom stereocenters. The van der Waals surface area contributed by atoms with Crippen LogP contribution in [0.15, 0.2) is 52.4 Å². The number of aryl methyl sites for hydroxylation is 3. The molecule has 0 saturated heterocycles. The summed E-state index contributed by atoms with van der Waals surface area (Å²) in [6, 6.07) is 13.2. The molecule has 0 bridgehead atoms. The molecule has 176 valence electrons. The Kier molecular flexibility index (Phi) is 7.09. The molecule has 2 aromatic heterocycles. The molecule has 34 heavy (non-hydrogen) atoms. The van der Waals surface area contributed by atoms with Crippen molar-refractivity contribution in [3.63, 3.8) is 0 Å². The van der Waals surface area contributed by atoms with Crippen molar-refractivity contribution in [2.75, 3.05) is 11.1 Å². The lowest BCUT2D eigenvalue weighted by atomic mass is 10.1. The summed E-state index contributed by atoms with van der Waals surface area (Å²) in [6.07, 6.45) is 0. The molecule has 9 heteroatoms. The molecule has 0 atom stereocenters. The molecule has 7 nitrogen and oxygen atoms in total. The van der Waals surface area contributed by atoms with Crippen molar-refractivity contribution in [3.8, 4) is 0 Å². The first kappa shape index (κ1) is 24.0. The van der Waals surface area contributed by atoms with Gasteiger partial charge in [0, 0.05) is 17.3 Å². The lowest BCUT2D eigenvalue weighted by Crippen LogP contribution is -2.26. The van der Waals surface area contributed by atoms with Crippen LogP contribution >= 0.6 is 23.4 Å². The molecule has 4 aromatic rings. The Morgan fingerprint density at radius 1 is 1.12 bits per heavy atom. The minimum atomic E-state index is -0.204. The normalized spacial score (nSPS) is 11.2. The molecular weight excluding hydrogens is 470 g/mol. The van der Waals surface area contributed by atoms with E-state index in [2.05, 4.69) is 10.4 Å². The van der Waals surface area contributed by atoms with Crippen molar-refractivity contribution in [1.82, 2.24) is 19.3 Å². The number of amides is 1. The standard InChI is InChI=1S/C25H26ClN5O2S/c1-5-31-23-22(17(4)29-31)28-25(30(24(23)33)13-18-10-6-7-11-19(18)26)34-14-21(32)27-20-12-8-9-15(2)16(20)3/h6-12H,5,13-14H2,1-4H3,(H,27,32). The lowest BCUT2D eigenvalue weighted by molar-refractivity contribution is -0.113. The van der Waals surface area contributed by atoms with Crippen LogP contribution in [0.3, 0.4) is 0 Å². The van der Waals surface area contributed by atoms with E-state index < -0.39 is 0 Å². The highest BCUT2D eigenvalue weighted by Crippen LogP contribution is 2.24. The Bertz CT molecular complexity index is 1440. The van der Waals surface area contributed by atoms with Crippen LogP contribution in [0.25, 0.3) is 11.0 Å². The summed E-state index contributed by atoms with van der Waals surface area (Å²) < 4.78 is 3.25. The van der Waals surface area contributed by atoms with E-state index in [0.717, 1.165) is 22.4 Å². The van der Waals surface area contributed by atoms with Gasteiger partial charge in [-0.25, -0.2) is 4.98 Å².